The highest BCUT2D eigenvalue weighted by Gasteiger charge is 1.94. The predicted molar refractivity (Wildman–Crippen MR) is 53.6 cm³/mol. The van der Waals surface area contributed by atoms with Gasteiger partial charge in [0.15, 0.2) is 18.6 Å². The van der Waals surface area contributed by atoms with Crippen LogP contribution in [0.2, 0.25) is 0 Å². The van der Waals surface area contributed by atoms with Crippen molar-refractivity contribution in [3.8, 4) is 0 Å². The average Bonchev–Trinajstić information content (AvgIpc) is 2.06. The summed E-state index contributed by atoms with van der Waals surface area (Å²) in [7, 11) is 0. The predicted octanol–water partition coefficient (Wildman–Crippen LogP) is 2.56. The summed E-state index contributed by atoms with van der Waals surface area (Å²) in [4.78, 5) is 0. The number of alkyl halides is 1. The molecule has 1 aromatic heterocycles. The van der Waals surface area contributed by atoms with Gasteiger partial charge in [0.25, 0.3) is 0 Å². The number of aromatic nitrogens is 1. The van der Waals surface area contributed by atoms with Gasteiger partial charge in [-0.15, -0.1) is 0 Å². The van der Waals surface area contributed by atoms with Crippen molar-refractivity contribution in [2.24, 2.45) is 0 Å². The molecule has 0 unspecified atom stereocenters. The van der Waals surface area contributed by atoms with Crippen molar-refractivity contribution >= 4 is 38.1 Å². The average molecular weight is 278 g/mol. The maximum absolute atomic E-state index is 3.41. The molecule has 3 heteroatoms. The van der Waals surface area contributed by atoms with Crippen molar-refractivity contribution in [2.75, 3.05) is 5.33 Å². The fourth-order valence-corrected chi connectivity index (χ4v) is 1.08. The van der Waals surface area contributed by atoms with Crippen molar-refractivity contribution in [3.05, 3.63) is 35.1 Å². The third kappa shape index (κ3) is 3.16. The molecule has 0 atom stereocenters. The van der Waals surface area contributed by atoms with E-state index in [1.54, 1.807) is 0 Å². The van der Waals surface area contributed by atoms with Gasteiger partial charge in [-0.3, -0.25) is 0 Å². The van der Waals surface area contributed by atoms with Gasteiger partial charge in [0.2, 0.25) is 0 Å². The lowest BCUT2D eigenvalue weighted by atomic mass is 10.5. The minimum atomic E-state index is 0.842. The maximum atomic E-state index is 3.41. The Balaban J connectivity index is 2.79. The molecule has 0 spiro atoms. The first-order chi connectivity index (χ1) is 5.33. The van der Waals surface area contributed by atoms with Gasteiger partial charge in [0.1, 0.15) is 0 Å². The van der Waals surface area contributed by atoms with Crippen LogP contribution in [0.15, 0.2) is 35.1 Å². The van der Waals surface area contributed by atoms with E-state index >= 15 is 0 Å². The van der Waals surface area contributed by atoms with Crippen LogP contribution in [0.1, 0.15) is 0 Å². The highest BCUT2D eigenvalue weighted by atomic mass is 79.9. The quantitative estimate of drug-likeness (QED) is 0.578. The van der Waals surface area contributed by atoms with Crippen LogP contribution in [0.25, 0.3) is 6.20 Å². The minimum Gasteiger partial charge on any atom is -0.173 e. The first kappa shape index (κ1) is 8.94. The van der Waals surface area contributed by atoms with Gasteiger partial charge in [0, 0.05) is 17.5 Å². The second kappa shape index (κ2) is 4.67. The molecule has 0 aromatic carbocycles. The fourth-order valence-electron chi connectivity index (χ4n) is 0.694. The number of nitrogens with zero attached hydrogens (tertiary/aromatic N) is 1. The van der Waals surface area contributed by atoms with E-state index in [9.17, 15) is 0 Å². The van der Waals surface area contributed by atoms with E-state index in [-0.39, 0.29) is 0 Å². The molecule has 58 valence electrons. The molecule has 0 bridgehead atoms. The Hall–Kier alpha value is -0.150. The van der Waals surface area contributed by atoms with Crippen LogP contribution in [0.3, 0.4) is 0 Å². The van der Waals surface area contributed by atoms with Crippen LogP contribution >= 0.6 is 31.9 Å². The van der Waals surface area contributed by atoms with Crippen LogP contribution in [0, 0.1) is 0 Å². The summed E-state index contributed by atoms with van der Waals surface area (Å²) < 4.78 is 3.11. The maximum Gasteiger partial charge on any atom is 0.185 e. The largest absolute Gasteiger partial charge is 0.185 e. The Bertz CT molecular complexity index is 244. The molecular weight excluding hydrogens is 270 g/mol. The van der Waals surface area contributed by atoms with Crippen LogP contribution in [0.5, 0.6) is 0 Å². The summed E-state index contributed by atoms with van der Waals surface area (Å²) in [6.45, 7) is 0. The molecule has 11 heavy (non-hydrogen) atoms. The van der Waals surface area contributed by atoms with Gasteiger partial charge in [0.05, 0.1) is 4.48 Å². The van der Waals surface area contributed by atoms with Gasteiger partial charge in [-0.05, 0) is 15.9 Å². The standard InChI is InChI=1S/C8H8Br2N/c9-6-8(10)7-11-4-2-1-3-5-11/h1-5,7H,6H2/q+1. The van der Waals surface area contributed by atoms with E-state index < -0.39 is 0 Å². The lowest BCUT2D eigenvalue weighted by Gasteiger charge is -1.87. The molecule has 1 nitrogen and oxygen atoms in total. The Morgan fingerprint density at radius 2 is 1.91 bits per heavy atom. The topological polar surface area (TPSA) is 3.88 Å². The van der Waals surface area contributed by atoms with E-state index in [0.29, 0.717) is 0 Å². The SMILES string of the molecule is BrCC(Br)=C[n+]1ccccc1. The van der Waals surface area contributed by atoms with Crippen LogP contribution in [-0.2, 0) is 0 Å². The van der Waals surface area contributed by atoms with Crippen LogP contribution in [-0.4, -0.2) is 5.33 Å². The molecule has 1 rings (SSSR count). The Labute approximate surface area is 83.0 Å². The second-order valence-corrected chi connectivity index (χ2v) is 3.61. The number of hydrogen-bond donors (Lipinski definition) is 0. The summed E-state index contributed by atoms with van der Waals surface area (Å²) in [5.41, 5.74) is 0. The third-order valence-corrected chi connectivity index (χ3v) is 3.00. The Kier molecular flexibility index (Phi) is 3.80. The van der Waals surface area contributed by atoms with E-state index in [2.05, 4.69) is 31.9 Å². The van der Waals surface area contributed by atoms with Gasteiger partial charge in [-0.2, -0.15) is 4.57 Å². The lowest BCUT2D eigenvalue weighted by Crippen LogP contribution is -2.24. The molecule has 0 saturated heterocycles. The van der Waals surface area contributed by atoms with Crippen molar-refractivity contribution in [3.63, 3.8) is 0 Å². The summed E-state index contributed by atoms with van der Waals surface area (Å²) in [5, 5.41) is 0.842. The van der Waals surface area contributed by atoms with Gasteiger partial charge < -0.3 is 0 Å². The monoisotopic (exact) mass is 276 g/mol. The summed E-state index contributed by atoms with van der Waals surface area (Å²) in [6, 6.07) is 5.97. The molecule has 1 heterocycles. The van der Waals surface area contributed by atoms with Crippen LogP contribution in [0.4, 0.5) is 0 Å². The molecule has 0 amide bonds. The van der Waals surface area contributed by atoms with E-state index in [4.69, 9.17) is 0 Å². The van der Waals surface area contributed by atoms with Gasteiger partial charge >= 0.3 is 0 Å². The van der Waals surface area contributed by atoms with E-state index in [1.165, 1.54) is 0 Å². The summed E-state index contributed by atoms with van der Waals surface area (Å²) in [6.07, 6.45) is 5.99. The zero-order valence-electron chi connectivity index (χ0n) is 5.87. The third-order valence-electron chi connectivity index (χ3n) is 1.16. The molecule has 0 aliphatic rings. The zero-order chi connectivity index (χ0) is 8.10. The fraction of sp³-hybridized carbons (Fsp3) is 0.125. The first-order valence-corrected chi connectivity index (χ1v) is 5.12. The smallest absolute Gasteiger partial charge is 0.173 e. The van der Waals surface area contributed by atoms with Crippen molar-refractivity contribution < 1.29 is 4.57 Å². The minimum absolute atomic E-state index is 0.842. The number of hydrogen-bond acceptors (Lipinski definition) is 0. The number of allylic oxidation sites excluding steroid dienone is 1. The van der Waals surface area contributed by atoms with E-state index in [1.807, 2.05) is 41.4 Å². The second-order valence-electron chi connectivity index (χ2n) is 2.03. The number of pyridine rings is 1. The normalized spacial score (nSPS) is 11.6. The lowest BCUT2D eigenvalue weighted by molar-refractivity contribution is -0.568. The van der Waals surface area contributed by atoms with Crippen molar-refractivity contribution in [1.29, 1.82) is 0 Å². The highest BCUT2D eigenvalue weighted by molar-refractivity contribution is 9.13. The Morgan fingerprint density at radius 3 is 2.45 bits per heavy atom. The van der Waals surface area contributed by atoms with E-state index in [0.717, 1.165) is 9.81 Å². The molecule has 0 aliphatic carbocycles. The van der Waals surface area contributed by atoms with Crippen molar-refractivity contribution in [2.45, 2.75) is 0 Å². The van der Waals surface area contributed by atoms with Crippen LogP contribution < -0.4 is 4.57 Å². The summed E-state index contributed by atoms with van der Waals surface area (Å²) >= 11 is 6.75. The first-order valence-electron chi connectivity index (χ1n) is 3.21. The molecule has 0 aliphatic heterocycles. The number of halogens is 2. The molecule has 0 saturated carbocycles. The summed E-state index contributed by atoms with van der Waals surface area (Å²) in [5.74, 6) is 0. The zero-order valence-corrected chi connectivity index (χ0v) is 9.05. The molecule has 0 N–H and O–H groups in total. The molecule has 0 fully saturated rings. The van der Waals surface area contributed by atoms with Crippen molar-refractivity contribution in [1.82, 2.24) is 0 Å². The van der Waals surface area contributed by atoms with Gasteiger partial charge in [-0.1, -0.05) is 22.0 Å². The molecular formula is C8H8Br2N+. The number of rotatable bonds is 2. The van der Waals surface area contributed by atoms with Gasteiger partial charge in [-0.25, -0.2) is 0 Å². The molecule has 1 aromatic rings. The Morgan fingerprint density at radius 1 is 1.27 bits per heavy atom. The highest BCUT2D eigenvalue weighted by Crippen LogP contribution is 2.06. The molecule has 0 radical (unpaired) electrons.